The number of methoxy groups -OCH3 is 1. The minimum Gasteiger partial charge on any atom is -0.384 e. The summed E-state index contributed by atoms with van der Waals surface area (Å²) in [5.74, 6) is -3.40. The van der Waals surface area contributed by atoms with Gasteiger partial charge in [-0.1, -0.05) is 30.3 Å². The second kappa shape index (κ2) is 10.3. The highest BCUT2D eigenvalue weighted by molar-refractivity contribution is 5.88. The zero-order valence-electron chi connectivity index (χ0n) is 19.2. The molecular weight excluding hydrogens is 485 g/mol. The molecule has 0 aliphatic carbocycles. The normalized spacial score (nSPS) is 11.9. The van der Waals surface area contributed by atoms with Crippen LogP contribution in [0, 0.1) is 23.3 Å². The highest BCUT2D eigenvalue weighted by atomic mass is 19.4. The third-order valence-electron chi connectivity index (χ3n) is 6.04. The average Bonchev–Trinajstić information content (AvgIpc) is 2.81. The summed E-state index contributed by atoms with van der Waals surface area (Å²) in [5, 5.41) is 0.656. The second-order valence-electron chi connectivity index (χ2n) is 8.46. The Balaban J connectivity index is 1.58. The molecule has 0 saturated carbocycles. The number of hydrogen-bond donors (Lipinski definition) is 0. The predicted octanol–water partition coefficient (Wildman–Crippen LogP) is 8.06. The molecule has 8 heteroatoms. The maximum absolute atomic E-state index is 15.2. The van der Waals surface area contributed by atoms with Crippen LogP contribution in [0.15, 0.2) is 60.7 Å². The van der Waals surface area contributed by atoms with Crippen molar-refractivity contribution < 1.29 is 35.5 Å². The summed E-state index contributed by atoms with van der Waals surface area (Å²) in [6, 6.07) is 12.6. The summed E-state index contributed by atoms with van der Waals surface area (Å²) < 4.78 is 102. The van der Waals surface area contributed by atoms with Crippen LogP contribution in [0.25, 0.3) is 21.9 Å². The van der Waals surface area contributed by atoms with Crippen LogP contribution in [0.1, 0.15) is 22.3 Å². The molecule has 0 heterocycles. The number of ether oxygens (including phenoxy) is 1. The van der Waals surface area contributed by atoms with Crippen molar-refractivity contribution in [2.24, 2.45) is 0 Å². The van der Waals surface area contributed by atoms with Gasteiger partial charge in [0.1, 0.15) is 23.3 Å². The first-order chi connectivity index (χ1) is 17.1. The van der Waals surface area contributed by atoms with Gasteiger partial charge in [0.2, 0.25) is 0 Å². The van der Waals surface area contributed by atoms with Crippen molar-refractivity contribution in [3.63, 3.8) is 0 Å². The molecule has 0 N–H and O–H groups in total. The Morgan fingerprint density at radius 3 is 2.03 bits per heavy atom. The lowest BCUT2D eigenvalue weighted by Gasteiger charge is -2.12. The van der Waals surface area contributed by atoms with Crippen LogP contribution in [-0.4, -0.2) is 13.7 Å². The number of hydrogen-bond acceptors (Lipinski definition) is 1. The van der Waals surface area contributed by atoms with Crippen molar-refractivity contribution in [2.45, 2.75) is 25.4 Å². The maximum atomic E-state index is 15.2. The maximum Gasteiger partial charge on any atom is 0.419 e. The van der Waals surface area contributed by atoms with Crippen LogP contribution >= 0.6 is 0 Å². The van der Waals surface area contributed by atoms with E-state index in [1.54, 1.807) is 6.07 Å². The lowest BCUT2D eigenvalue weighted by molar-refractivity contribution is -0.140. The highest BCUT2D eigenvalue weighted by Crippen LogP contribution is 2.33. The Labute approximate surface area is 203 Å². The zero-order chi connectivity index (χ0) is 26.0. The van der Waals surface area contributed by atoms with Gasteiger partial charge in [-0.05, 0) is 77.2 Å². The Morgan fingerprint density at radius 1 is 0.694 bits per heavy atom. The van der Waals surface area contributed by atoms with E-state index < -0.39 is 35.0 Å². The fourth-order valence-corrected chi connectivity index (χ4v) is 4.17. The molecule has 4 rings (SSSR count). The molecule has 4 aromatic carbocycles. The number of benzene rings is 4. The molecule has 4 aromatic rings. The van der Waals surface area contributed by atoms with Gasteiger partial charge in [0.15, 0.2) is 0 Å². The molecule has 0 aliphatic rings. The molecule has 0 aromatic heterocycles. The Morgan fingerprint density at radius 2 is 1.39 bits per heavy atom. The molecule has 0 fully saturated rings. The van der Waals surface area contributed by atoms with E-state index in [1.807, 2.05) is 0 Å². The molecule has 0 unspecified atom stereocenters. The first kappa shape index (κ1) is 25.7. The predicted molar refractivity (Wildman–Crippen MR) is 124 cm³/mol. The molecule has 188 valence electrons. The van der Waals surface area contributed by atoms with Crippen molar-refractivity contribution in [3.8, 4) is 11.1 Å². The SMILES string of the molecule is COCCc1cc(F)c(-c2ccc3c(F)c(CCc4ccc(C(F)(F)F)c(F)c4)ccc3c2)c(F)c1. The first-order valence-electron chi connectivity index (χ1n) is 11.1. The number of halogens is 7. The van der Waals surface area contributed by atoms with Crippen LogP contribution in [0.3, 0.4) is 0 Å². The molecule has 0 radical (unpaired) electrons. The van der Waals surface area contributed by atoms with E-state index in [-0.39, 0.29) is 34.9 Å². The minimum atomic E-state index is -4.79. The van der Waals surface area contributed by atoms with Crippen LogP contribution in [0.5, 0.6) is 0 Å². The summed E-state index contributed by atoms with van der Waals surface area (Å²) in [4.78, 5) is 0. The first-order valence-corrected chi connectivity index (χ1v) is 11.1. The lowest BCUT2D eigenvalue weighted by Crippen LogP contribution is -2.08. The minimum absolute atomic E-state index is 0.126. The van der Waals surface area contributed by atoms with Gasteiger partial charge in [0, 0.05) is 12.5 Å². The summed E-state index contributed by atoms with van der Waals surface area (Å²) >= 11 is 0. The Kier molecular flexibility index (Phi) is 7.36. The summed E-state index contributed by atoms with van der Waals surface area (Å²) in [6.07, 6.45) is -4.18. The van der Waals surface area contributed by atoms with E-state index in [1.165, 1.54) is 49.6 Å². The van der Waals surface area contributed by atoms with Gasteiger partial charge in [-0.25, -0.2) is 17.6 Å². The van der Waals surface area contributed by atoms with Crippen LogP contribution in [0.2, 0.25) is 0 Å². The van der Waals surface area contributed by atoms with Gasteiger partial charge in [-0.3, -0.25) is 0 Å². The monoisotopic (exact) mass is 506 g/mol. The fraction of sp³-hybridized carbons (Fsp3) is 0.214. The molecule has 36 heavy (non-hydrogen) atoms. The van der Waals surface area contributed by atoms with Crippen LogP contribution in [-0.2, 0) is 30.2 Å². The average molecular weight is 506 g/mol. The Bertz CT molecular complexity index is 1390. The van der Waals surface area contributed by atoms with E-state index in [2.05, 4.69) is 0 Å². The van der Waals surface area contributed by atoms with Crippen LogP contribution < -0.4 is 0 Å². The molecule has 1 nitrogen and oxygen atoms in total. The lowest BCUT2D eigenvalue weighted by atomic mass is 9.96. The van der Waals surface area contributed by atoms with Crippen molar-refractivity contribution in [3.05, 3.63) is 106 Å². The summed E-state index contributed by atoms with van der Waals surface area (Å²) in [6.45, 7) is 0.323. The molecule has 0 bridgehead atoms. The van der Waals surface area contributed by atoms with E-state index in [9.17, 15) is 26.3 Å². The molecule has 0 saturated heterocycles. The molecule has 0 atom stereocenters. The highest BCUT2D eigenvalue weighted by Gasteiger charge is 2.33. The third-order valence-corrected chi connectivity index (χ3v) is 6.04. The third kappa shape index (κ3) is 5.38. The summed E-state index contributed by atoms with van der Waals surface area (Å²) in [7, 11) is 1.50. The van der Waals surface area contributed by atoms with E-state index >= 15 is 4.39 Å². The fourth-order valence-electron chi connectivity index (χ4n) is 4.17. The molecule has 0 amide bonds. The number of alkyl halides is 3. The van der Waals surface area contributed by atoms with Gasteiger partial charge in [0.25, 0.3) is 0 Å². The number of fused-ring (bicyclic) bond motifs is 1. The number of rotatable bonds is 7. The van der Waals surface area contributed by atoms with Gasteiger partial charge in [-0.2, -0.15) is 13.2 Å². The molecule has 0 spiro atoms. The smallest absolute Gasteiger partial charge is 0.384 e. The van der Waals surface area contributed by atoms with Crippen molar-refractivity contribution in [1.82, 2.24) is 0 Å². The van der Waals surface area contributed by atoms with Gasteiger partial charge < -0.3 is 4.74 Å². The molecule has 0 aliphatic heterocycles. The van der Waals surface area contributed by atoms with Crippen molar-refractivity contribution >= 4 is 10.8 Å². The van der Waals surface area contributed by atoms with E-state index in [4.69, 9.17) is 4.74 Å². The van der Waals surface area contributed by atoms with Crippen LogP contribution in [0.4, 0.5) is 30.7 Å². The standard InChI is InChI=1S/C28H21F7O/c1-36-11-10-17-13-24(30)26(25(31)14-17)20-7-8-21-19(15-20)6-5-18(27(21)32)4-2-16-3-9-22(23(29)12-16)28(33,34)35/h3,5-9,12-15H,2,4,10-11H2,1H3. The van der Waals surface area contributed by atoms with Gasteiger partial charge in [-0.15, -0.1) is 0 Å². The van der Waals surface area contributed by atoms with Gasteiger partial charge in [0.05, 0.1) is 17.7 Å². The topological polar surface area (TPSA) is 9.23 Å². The van der Waals surface area contributed by atoms with E-state index in [0.717, 1.165) is 6.07 Å². The second-order valence-corrected chi connectivity index (χ2v) is 8.46. The zero-order valence-corrected chi connectivity index (χ0v) is 19.2. The largest absolute Gasteiger partial charge is 0.419 e. The van der Waals surface area contributed by atoms with Crippen molar-refractivity contribution in [2.75, 3.05) is 13.7 Å². The quantitative estimate of drug-likeness (QED) is 0.231. The summed E-state index contributed by atoms with van der Waals surface area (Å²) in [5.41, 5.74) is -0.267. The Hall–Kier alpha value is -3.39. The van der Waals surface area contributed by atoms with E-state index in [0.29, 0.717) is 35.6 Å². The number of aryl methyl sites for hydroxylation is 2. The van der Waals surface area contributed by atoms with Gasteiger partial charge >= 0.3 is 6.18 Å². The molecular formula is C28H21F7O. The van der Waals surface area contributed by atoms with Crippen molar-refractivity contribution in [1.29, 1.82) is 0 Å².